The minimum Gasteiger partial charge on any atom is -0.194 e. The summed E-state index contributed by atoms with van der Waals surface area (Å²) in [7, 11) is 0.446. The second-order valence-corrected chi connectivity index (χ2v) is 1.09. The molecule has 0 radical (unpaired) electrons. The third kappa shape index (κ3) is 1.92. The number of hydrogen-bond donors (Lipinski definition) is 0. The van der Waals surface area contributed by atoms with Gasteiger partial charge in [-0.25, -0.2) is 0 Å². The van der Waals surface area contributed by atoms with Crippen LogP contribution in [0.25, 0.3) is 0 Å². The molecule has 0 aromatic heterocycles. The molecule has 0 aliphatic rings. The predicted molar refractivity (Wildman–Crippen MR) is 19.9 cm³/mol. The van der Waals surface area contributed by atoms with Gasteiger partial charge in [0.15, 0.2) is 0 Å². The molecular weight excluding hydrogens is 69.0 g/mol. The molecule has 4 heavy (non-hydrogen) atoms. The Morgan fingerprint density at radius 2 is 2.25 bits per heavy atom. The van der Waals surface area contributed by atoms with Crippen LogP contribution in [-0.2, 0) is 0 Å². The molecule has 0 spiro atoms. The van der Waals surface area contributed by atoms with E-state index in [9.17, 15) is 0 Å². The zero-order chi connectivity index (χ0) is 3.41. The molecule has 0 rings (SSSR count). The molecular formula is C2H4NP. The fraction of sp³-hybridized carbons (Fsp3) is 0.500. The van der Waals surface area contributed by atoms with Crippen molar-refractivity contribution in [3.63, 3.8) is 0 Å². The summed E-state index contributed by atoms with van der Waals surface area (Å²) in [5.41, 5.74) is 0. The van der Waals surface area contributed by atoms with E-state index in [4.69, 9.17) is 5.26 Å². The zero-order valence-corrected chi connectivity index (χ0v) is 3.45. The van der Waals surface area contributed by atoms with Crippen LogP contribution in [0, 0.1) is 11.1 Å². The number of nitriles is 1. The lowest BCUT2D eigenvalue weighted by Gasteiger charge is -1.48. The third-order valence-corrected chi connectivity index (χ3v) is 0.335. The van der Waals surface area contributed by atoms with Crippen LogP contribution in [0.2, 0.25) is 0 Å². The molecule has 0 amide bonds. The molecule has 0 aromatic carbocycles. The van der Waals surface area contributed by atoms with E-state index >= 15 is 0 Å². The number of rotatable bonds is 0. The second kappa shape index (κ2) is 2.92. The van der Waals surface area contributed by atoms with Crippen LogP contribution in [0.15, 0.2) is 0 Å². The highest BCUT2D eigenvalue weighted by Crippen LogP contribution is 1.91. The fourth-order valence-electron chi connectivity index (χ4n) is 0. The van der Waals surface area contributed by atoms with Crippen molar-refractivity contribution in [1.29, 1.82) is 5.26 Å². The van der Waals surface area contributed by atoms with E-state index in [1.165, 1.54) is 0 Å². The van der Waals surface area contributed by atoms with Crippen molar-refractivity contribution in [3.8, 4) is 5.81 Å². The van der Waals surface area contributed by atoms with Gasteiger partial charge in [-0.2, -0.15) is 5.26 Å². The molecule has 0 aliphatic carbocycles. The normalized spacial score (nSPS) is 8.00. The first-order valence-corrected chi connectivity index (χ1v) is 2.47. The SMILES string of the molecule is CPC#N. The van der Waals surface area contributed by atoms with Crippen LogP contribution in [0.1, 0.15) is 0 Å². The second-order valence-electron chi connectivity index (χ2n) is 0.362. The minimum atomic E-state index is 0.446. The van der Waals surface area contributed by atoms with Gasteiger partial charge < -0.3 is 0 Å². The molecule has 1 atom stereocenters. The van der Waals surface area contributed by atoms with Gasteiger partial charge in [-0.05, 0) is 15.2 Å². The molecule has 2 heteroatoms. The fourth-order valence-corrected chi connectivity index (χ4v) is 0. The molecule has 1 nitrogen and oxygen atoms in total. The van der Waals surface area contributed by atoms with E-state index in [2.05, 4.69) is 0 Å². The van der Waals surface area contributed by atoms with Gasteiger partial charge in [-0.15, -0.1) is 0 Å². The summed E-state index contributed by atoms with van der Waals surface area (Å²) in [6, 6.07) is 0. The van der Waals surface area contributed by atoms with E-state index in [-0.39, 0.29) is 0 Å². The first kappa shape index (κ1) is 3.92. The summed E-state index contributed by atoms with van der Waals surface area (Å²) >= 11 is 0. The van der Waals surface area contributed by atoms with Gasteiger partial charge in [0.25, 0.3) is 0 Å². The summed E-state index contributed by atoms with van der Waals surface area (Å²) in [5.74, 6) is 1.96. The lowest BCUT2D eigenvalue weighted by Crippen LogP contribution is -1.21. The molecule has 0 aromatic rings. The van der Waals surface area contributed by atoms with Gasteiger partial charge in [-0.1, -0.05) is 0 Å². The molecule has 22 valence electrons. The highest BCUT2D eigenvalue weighted by Gasteiger charge is 1.48. The van der Waals surface area contributed by atoms with Crippen molar-refractivity contribution in [2.45, 2.75) is 0 Å². The van der Waals surface area contributed by atoms with Crippen LogP contribution >= 0.6 is 8.58 Å². The maximum atomic E-state index is 7.64. The Bertz CT molecular complexity index is 35.8. The van der Waals surface area contributed by atoms with E-state index in [1.807, 2.05) is 12.5 Å². The third-order valence-electron chi connectivity index (χ3n) is 0.112. The molecule has 0 fully saturated rings. The van der Waals surface area contributed by atoms with Crippen LogP contribution in [-0.4, -0.2) is 6.66 Å². The number of nitrogens with zero attached hydrogens (tertiary/aromatic N) is 1. The maximum Gasteiger partial charge on any atom is 0.0835 e. The van der Waals surface area contributed by atoms with E-state index in [0.29, 0.717) is 8.58 Å². The highest BCUT2D eigenvalue weighted by molar-refractivity contribution is 7.42. The van der Waals surface area contributed by atoms with Gasteiger partial charge in [-0.3, -0.25) is 0 Å². The quantitative estimate of drug-likeness (QED) is 0.388. The average molecular weight is 73.0 g/mol. The van der Waals surface area contributed by atoms with Crippen molar-refractivity contribution in [1.82, 2.24) is 0 Å². The largest absolute Gasteiger partial charge is 0.194 e. The average Bonchev–Trinajstić information content (AvgIpc) is 1.37. The van der Waals surface area contributed by atoms with Crippen molar-refractivity contribution < 1.29 is 0 Å². The molecule has 0 aliphatic heterocycles. The summed E-state index contributed by atoms with van der Waals surface area (Å²) < 4.78 is 0. The molecule has 0 heterocycles. The molecule has 0 bridgehead atoms. The first-order valence-electron chi connectivity index (χ1n) is 0.974. The predicted octanol–water partition coefficient (Wildman–Crippen LogP) is 0.776. The van der Waals surface area contributed by atoms with E-state index in [0.717, 1.165) is 0 Å². The summed E-state index contributed by atoms with van der Waals surface area (Å²) in [5, 5.41) is 7.64. The highest BCUT2D eigenvalue weighted by atomic mass is 31.1. The monoisotopic (exact) mass is 73.0 g/mol. The van der Waals surface area contributed by atoms with Crippen molar-refractivity contribution in [3.05, 3.63) is 0 Å². The van der Waals surface area contributed by atoms with Crippen molar-refractivity contribution >= 4 is 8.58 Å². The molecule has 0 saturated heterocycles. The topological polar surface area (TPSA) is 23.8 Å². The van der Waals surface area contributed by atoms with Crippen LogP contribution in [0.4, 0.5) is 0 Å². The molecule has 1 unspecified atom stereocenters. The van der Waals surface area contributed by atoms with E-state index < -0.39 is 0 Å². The Hall–Kier alpha value is -0.0800. The van der Waals surface area contributed by atoms with Crippen molar-refractivity contribution in [2.24, 2.45) is 0 Å². The van der Waals surface area contributed by atoms with Gasteiger partial charge in [0.2, 0.25) is 0 Å². The van der Waals surface area contributed by atoms with Crippen LogP contribution in [0.3, 0.4) is 0 Å². The first-order chi connectivity index (χ1) is 1.91. The zero-order valence-electron chi connectivity index (χ0n) is 2.45. The molecule has 0 saturated carbocycles. The minimum absolute atomic E-state index is 0.446. The Morgan fingerprint density at radius 1 is 2.00 bits per heavy atom. The summed E-state index contributed by atoms with van der Waals surface area (Å²) in [4.78, 5) is 0. The lowest BCUT2D eigenvalue weighted by atomic mass is 11.8. The standard InChI is InChI=1S/C2H4NP/c1-4-2-3/h4H,1H3. The van der Waals surface area contributed by atoms with Gasteiger partial charge in [0, 0.05) is 0 Å². The maximum absolute atomic E-state index is 7.64. The lowest BCUT2D eigenvalue weighted by molar-refractivity contribution is 1.57. The van der Waals surface area contributed by atoms with Crippen LogP contribution in [0.5, 0.6) is 0 Å². The summed E-state index contributed by atoms with van der Waals surface area (Å²) in [6.07, 6.45) is 0. The van der Waals surface area contributed by atoms with Gasteiger partial charge in [0.05, 0.1) is 5.81 Å². The van der Waals surface area contributed by atoms with Gasteiger partial charge in [0.1, 0.15) is 0 Å². The van der Waals surface area contributed by atoms with Crippen molar-refractivity contribution in [2.75, 3.05) is 6.66 Å². The Kier molecular flexibility index (Phi) is 2.86. The van der Waals surface area contributed by atoms with Gasteiger partial charge >= 0.3 is 0 Å². The Balaban J connectivity index is 2.43. The van der Waals surface area contributed by atoms with Crippen LogP contribution < -0.4 is 0 Å². The number of hydrogen-bond acceptors (Lipinski definition) is 1. The molecule has 0 N–H and O–H groups in total. The van der Waals surface area contributed by atoms with E-state index in [1.54, 1.807) is 0 Å². The Labute approximate surface area is 27.4 Å². The summed E-state index contributed by atoms with van der Waals surface area (Å²) in [6.45, 7) is 1.85. The Morgan fingerprint density at radius 3 is 2.25 bits per heavy atom. The smallest absolute Gasteiger partial charge is 0.0835 e.